The number of aliphatic hydroxyl groups excluding tert-OH is 1. The van der Waals surface area contributed by atoms with Crippen LogP contribution in [0.25, 0.3) is 0 Å². The lowest BCUT2D eigenvalue weighted by molar-refractivity contribution is 0.272. The maximum atomic E-state index is 12.9. The number of sulfonamides is 1. The first-order chi connectivity index (χ1) is 10.0. The van der Waals surface area contributed by atoms with Crippen molar-refractivity contribution in [2.24, 2.45) is 7.05 Å². The van der Waals surface area contributed by atoms with Crippen LogP contribution in [-0.2, 0) is 30.2 Å². The molecule has 1 saturated carbocycles. The number of aromatic nitrogens is 1. The first kappa shape index (κ1) is 14.8. The second-order valence-corrected chi connectivity index (χ2v) is 8.02. The van der Waals surface area contributed by atoms with Crippen molar-refractivity contribution < 1.29 is 13.5 Å². The molecule has 0 unspecified atom stereocenters. The van der Waals surface area contributed by atoms with Crippen LogP contribution in [0.15, 0.2) is 34.0 Å². The number of hydrogen-bond donors (Lipinski definition) is 1. The predicted octanol–water partition coefficient (Wildman–Crippen LogP) is 1.93. The molecule has 0 aromatic carbocycles. The Balaban J connectivity index is 1.93. The van der Waals surface area contributed by atoms with Crippen molar-refractivity contribution >= 4 is 21.4 Å². The van der Waals surface area contributed by atoms with Crippen molar-refractivity contribution in [1.29, 1.82) is 0 Å². The fraction of sp³-hybridized carbons (Fsp3) is 0.429. The molecule has 3 rings (SSSR count). The Morgan fingerprint density at radius 2 is 2.24 bits per heavy atom. The Morgan fingerprint density at radius 1 is 1.48 bits per heavy atom. The van der Waals surface area contributed by atoms with E-state index in [0.717, 1.165) is 18.4 Å². The zero-order valence-corrected chi connectivity index (χ0v) is 13.4. The summed E-state index contributed by atoms with van der Waals surface area (Å²) in [6.45, 7) is 0.250. The van der Waals surface area contributed by atoms with Gasteiger partial charge in [-0.05, 0) is 41.3 Å². The molecular formula is C14H18N2O3S2. The van der Waals surface area contributed by atoms with Gasteiger partial charge in [-0.3, -0.25) is 0 Å². The second-order valence-electron chi connectivity index (χ2n) is 5.35. The van der Waals surface area contributed by atoms with Gasteiger partial charge in [0.25, 0.3) is 0 Å². The topological polar surface area (TPSA) is 62.5 Å². The molecule has 1 fully saturated rings. The van der Waals surface area contributed by atoms with Crippen LogP contribution in [0.3, 0.4) is 0 Å². The van der Waals surface area contributed by atoms with Crippen LogP contribution in [0.1, 0.15) is 24.1 Å². The van der Waals surface area contributed by atoms with Crippen molar-refractivity contribution in [3.05, 3.63) is 40.3 Å². The van der Waals surface area contributed by atoms with Gasteiger partial charge in [0.2, 0.25) is 10.0 Å². The van der Waals surface area contributed by atoms with E-state index < -0.39 is 10.0 Å². The number of hydrogen-bond acceptors (Lipinski definition) is 4. The number of aryl methyl sites for hydroxylation is 1. The molecule has 0 saturated heterocycles. The summed E-state index contributed by atoms with van der Waals surface area (Å²) in [7, 11) is -1.78. The standard InChI is InChI=1S/C14H18N2O3S2/c1-15-8-14(6-13(15)9-17)21(18,19)16(12-2-3-12)7-11-4-5-20-10-11/h4-6,8,10,12,17H,2-3,7,9H2,1H3. The summed E-state index contributed by atoms with van der Waals surface area (Å²) in [4.78, 5) is 0.260. The molecule has 7 heteroatoms. The maximum absolute atomic E-state index is 12.9. The van der Waals surface area contributed by atoms with Crippen molar-refractivity contribution in [1.82, 2.24) is 8.87 Å². The third-order valence-electron chi connectivity index (χ3n) is 3.72. The Labute approximate surface area is 128 Å². The van der Waals surface area contributed by atoms with E-state index in [9.17, 15) is 13.5 Å². The molecule has 0 amide bonds. The Kier molecular flexibility index (Phi) is 3.92. The van der Waals surface area contributed by atoms with Crippen LogP contribution in [0.4, 0.5) is 0 Å². The van der Waals surface area contributed by atoms with Crippen LogP contribution in [-0.4, -0.2) is 28.4 Å². The summed E-state index contributed by atoms with van der Waals surface area (Å²) in [5, 5.41) is 13.2. The summed E-state index contributed by atoms with van der Waals surface area (Å²) >= 11 is 1.57. The van der Waals surface area contributed by atoms with Crippen LogP contribution < -0.4 is 0 Å². The molecule has 0 aliphatic heterocycles. The molecule has 0 bridgehead atoms. The molecule has 2 heterocycles. The molecular weight excluding hydrogens is 308 g/mol. The largest absolute Gasteiger partial charge is 0.390 e. The summed E-state index contributed by atoms with van der Waals surface area (Å²) in [5.41, 5.74) is 1.62. The summed E-state index contributed by atoms with van der Waals surface area (Å²) in [6.07, 6.45) is 3.41. The zero-order chi connectivity index (χ0) is 15.0. The van der Waals surface area contributed by atoms with Crippen molar-refractivity contribution in [2.45, 2.75) is 36.9 Å². The monoisotopic (exact) mass is 326 g/mol. The van der Waals surface area contributed by atoms with Gasteiger partial charge in [0.15, 0.2) is 0 Å². The van der Waals surface area contributed by atoms with Gasteiger partial charge in [0, 0.05) is 31.5 Å². The predicted molar refractivity (Wildman–Crippen MR) is 81.4 cm³/mol. The van der Waals surface area contributed by atoms with Gasteiger partial charge in [-0.25, -0.2) is 8.42 Å². The fourth-order valence-electron chi connectivity index (χ4n) is 2.35. The van der Waals surface area contributed by atoms with Gasteiger partial charge in [-0.2, -0.15) is 15.6 Å². The highest BCUT2D eigenvalue weighted by molar-refractivity contribution is 7.89. The third-order valence-corrected chi connectivity index (χ3v) is 6.32. The summed E-state index contributed by atoms with van der Waals surface area (Å²) < 4.78 is 29.0. The molecule has 2 aromatic heterocycles. The molecule has 1 aliphatic rings. The molecule has 0 atom stereocenters. The first-order valence-corrected chi connectivity index (χ1v) is 9.19. The fourth-order valence-corrected chi connectivity index (χ4v) is 4.78. The van der Waals surface area contributed by atoms with E-state index in [1.165, 1.54) is 0 Å². The second kappa shape index (κ2) is 5.57. The third kappa shape index (κ3) is 2.91. The van der Waals surface area contributed by atoms with E-state index in [1.807, 2.05) is 16.8 Å². The van der Waals surface area contributed by atoms with Crippen LogP contribution in [0.5, 0.6) is 0 Å². The van der Waals surface area contributed by atoms with Crippen LogP contribution >= 0.6 is 11.3 Å². The van der Waals surface area contributed by atoms with Crippen molar-refractivity contribution in [3.63, 3.8) is 0 Å². The van der Waals surface area contributed by atoms with Crippen LogP contribution in [0.2, 0.25) is 0 Å². The molecule has 1 aliphatic carbocycles. The lowest BCUT2D eigenvalue weighted by atomic mass is 10.3. The lowest BCUT2D eigenvalue weighted by Gasteiger charge is -2.20. The molecule has 1 N–H and O–H groups in total. The van der Waals surface area contributed by atoms with E-state index in [0.29, 0.717) is 12.2 Å². The van der Waals surface area contributed by atoms with Crippen molar-refractivity contribution in [2.75, 3.05) is 0 Å². The minimum absolute atomic E-state index is 0.104. The minimum Gasteiger partial charge on any atom is -0.390 e. The van der Waals surface area contributed by atoms with Crippen LogP contribution in [0, 0.1) is 0 Å². The van der Waals surface area contributed by atoms with E-state index >= 15 is 0 Å². The normalized spacial score (nSPS) is 15.8. The SMILES string of the molecule is Cn1cc(S(=O)(=O)N(Cc2ccsc2)C2CC2)cc1CO. The first-order valence-electron chi connectivity index (χ1n) is 6.81. The molecule has 21 heavy (non-hydrogen) atoms. The van der Waals surface area contributed by atoms with Gasteiger partial charge < -0.3 is 9.67 Å². The van der Waals surface area contributed by atoms with Gasteiger partial charge >= 0.3 is 0 Å². The van der Waals surface area contributed by atoms with Gasteiger partial charge in [-0.1, -0.05) is 0 Å². The van der Waals surface area contributed by atoms with E-state index in [-0.39, 0.29) is 17.5 Å². The minimum atomic E-state index is -3.52. The zero-order valence-electron chi connectivity index (χ0n) is 11.8. The molecule has 114 valence electrons. The van der Waals surface area contributed by atoms with E-state index in [1.54, 1.807) is 39.5 Å². The number of nitrogens with zero attached hydrogens (tertiary/aromatic N) is 2. The smallest absolute Gasteiger partial charge is 0.245 e. The van der Waals surface area contributed by atoms with Gasteiger partial charge in [0.05, 0.1) is 6.61 Å². The average Bonchev–Trinajstić information content (AvgIpc) is 3.00. The van der Waals surface area contributed by atoms with Gasteiger partial charge in [0.1, 0.15) is 4.90 Å². The van der Waals surface area contributed by atoms with Crippen molar-refractivity contribution in [3.8, 4) is 0 Å². The highest BCUT2D eigenvalue weighted by Crippen LogP contribution is 2.34. The Bertz CT molecular complexity index is 715. The number of rotatable bonds is 6. The highest BCUT2D eigenvalue weighted by atomic mass is 32.2. The highest BCUT2D eigenvalue weighted by Gasteiger charge is 2.38. The Morgan fingerprint density at radius 3 is 2.76 bits per heavy atom. The maximum Gasteiger partial charge on any atom is 0.245 e. The lowest BCUT2D eigenvalue weighted by Crippen LogP contribution is -2.32. The number of thiophene rings is 1. The molecule has 0 radical (unpaired) electrons. The quantitative estimate of drug-likeness (QED) is 0.882. The number of aliphatic hydroxyl groups is 1. The summed E-state index contributed by atoms with van der Waals surface area (Å²) in [5.74, 6) is 0. The molecule has 2 aromatic rings. The molecule has 0 spiro atoms. The molecule has 5 nitrogen and oxygen atoms in total. The van der Waals surface area contributed by atoms with E-state index in [4.69, 9.17) is 0 Å². The average molecular weight is 326 g/mol. The van der Waals surface area contributed by atoms with E-state index in [2.05, 4.69) is 0 Å². The Hall–Kier alpha value is -1.15. The summed E-state index contributed by atoms with van der Waals surface area (Å²) in [6, 6.07) is 3.62. The van der Waals surface area contributed by atoms with Gasteiger partial charge in [-0.15, -0.1) is 0 Å².